The van der Waals surface area contributed by atoms with Gasteiger partial charge in [-0.1, -0.05) is 0 Å². The van der Waals surface area contributed by atoms with Crippen LogP contribution in [0.1, 0.15) is 15.9 Å². The molecule has 130 valence electrons. The Bertz CT molecular complexity index is 1110. The largest absolute Gasteiger partial charge is 0.345 e. The summed E-state index contributed by atoms with van der Waals surface area (Å²) in [6, 6.07) is 3.32. The van der Waals surface area contributed by atoms with Crippen molar-refractivity contribution in [2.24, 2.45) is 0 Å². The summed E-state index contributed by atoms with van der Waals surface area (Å²) >= 11 is 3.22. The summed E-state index contributed by atoms with van der Waals surface area (Å²) in [7, 11) is -3.80. The van der Waals surface area contributed by atoms with Crippen molar-refractivity contribution in [2.75, 3.05) is 11.0 Å². The first kappa shape index (κ1) is 17.5. The lowest BCUT2D eigenvalue weighted by Crippen LogP contribution is -2.14. The lowest BCUT2D eigenvalue weighted by Gasteiger charge is -2.09. The van der Waals surface area contributed by atoms with Crippen LogP contribution in [0.4, 0.5) is 14.5 Å². The second kappa shape index (κ2) is 6.19. The molecule has 0 aliphatic carbocycles. The molecular weight excluding hydrogens is 420 g/mol. The molecule has 0 amide bonds. The minimum atomic E-state index is -3.80. The van der Waals surface area contributed by atoms with Crippen LogP contribution < -0.4 is 4.72 Å². The maximum Gasteiger partial charge on any atom is 0.229 e. The normalized spacial score (nSPS) is 11.7. The van der Waals surface area contributed by atoms with Crippen molar-refractivity contribution in [3.63, 3.8) is 0 Å². The number of carbonyl (C=O) groups excluding carboxylic acids is 1. The Balaban J connectivity index is 2.16. The monoisotopic (exact) mass is 429 g/mol. The molecule has 0 saturated carbocycles. The number of halogens is 3. The summed E-state index contributed by atoms with van der Waals surface area (Å²) in [5, 5.41) is 0.375. The first-order valence-electron chi connectivity index (χ1n) is 6.80. The Morgan fingerprint density at radius 2 is 2.04 bits per heavy atom. The second-order valence-corrected chi connectivity index (χ2v) is 7.90. The van der Waals surface area contributed by atoms with Gasteiger partial charge in [0, 0.05) is 27.8 Å². The van der Waals surface area contributed by atoms with Crippen LogP contribution in [0, 0.1) is 11.6 Å². The number of rotatable bonds is 4. The molecule has 2 heterocycles. The van der Waals surface area contributed by atoms with Crippen LogP contribution in [-0.4, -0.2) is 30.4 Å². The highest BCUT2D eigenvalue weighted by Gasteiger charge is 2.25. The van der Waals surface area contributed by atoms with Gasteiger partial charge in [-0.05, 0) is 34.1 Å². The number of aromatic nitrogens is 2. The molecule has 6 nitrogen and oxygen atoms in total. The minimum absolute atomic E-state index is 0.0121. The van der Waals surface area contributed by atoms with E-state index in [1.807, 2.05) is 4.72 Å². The van der Waals surface area contributed by atoms with E-state index in [0.717, 1.165) is 18.4 Å². The molecule has 0 spiro atoms. The molecule has 1 aromatic carbocycles. The molecule has 0 bridgehead atoms. The van der Waals surface area contributed by atoms with Crippen molar-refractivity contribution in [3.05, 3.63) is 57.8 Å². The summed E-state index contributed by atoms with van der Waals surface area (Å²) in [6.45, 7) is 0. The quantitative estimate of drug-likeness (QED) is 0.622. The Morgan fingerprint density at radius 1 is 1.32 bits per heavy atom. The summed E-state index contributed by atoms with van der Waals surface area (Å²) in [4.78, 5) is 19.5. The van der Waals surface area contributed by atoms with Gasteiger partial charge in [-0.2, -0.15) is 0 Å². The third kappa shape index (κ3) is 3.40. The Hall–Kier alpha value is -2.33. The number of nitrogens with one attached hydrogen (secondary N) is 2. The molecule has 3 rings (SSSR count). The van der Waals surface area contributed by atoms with Crippen LogP contribution in [0.2, 0.25) is 0 Å². The van der Waals surface area contributed by atoms with E-state index in [0.29, 0.717) is 15.5 Å². The first-order chi connectivity index (χ1) is 11.7. The van der Waals surface area contributed by atoms with Gasteiger partial charge in [-0.25, -0.2) is 22.2 Å². The average molecular weight is 430 g/mol. The second-order valence-electron chi connectivity index (χ2n) is 5.24. The molecule has 0 atom stereocenters. The van der Waals surface area contributed by atoms with Gasteiger partial charge in [0.15, 0.2) is 5.82 Å². The number of ketones is 1. The fraction of sp³-hybridized carbons (Fsp3) is 0.0667. The van der Waals surface area contributed by atoms with Gasteiger partial charge in [0.1, 0.15) is 11.5 Å². The standard InChI is InChI=1S/C15H10BrF2N3O3S/c1-25(23,24)21-11-3-2-10(17)12(13(11)18)14(22)9-6-20-15-8(9)4-7(16)5-19-15/h2-6,21H,1H3,(H,19,20). The van der Waals surface area contributed by atoms with Crippen molar-refractivity contribution in [2.45, 2.75) is 0 Å². The Kier molecular flexibility index (Phi) is 4.33. The zero-order valence-corrected chi connectivity index (χ0v) is 15.0. The zero-order valence-electron chi connectivity index (χ0n) is 12.6. The molecule has 10 heteroatoms. The first-order valence-corrected chi connectivity index (χ1v) is 9.49. The number of sulfonamides is 1. The Labute approximate surface area is 149 Å². The highest BCUT2D eigenvalue weighted by molar-refractivity contribution is 9.10. The molecule has 0 radical (unpaired) electrons. The van der Waals surface area contributed by atoms with E-state index in [-0.39, 0.29) is 5.56 Å². The molecule has 25 heavy (non-hydrogen) atoms. The lowest BCUT2D eigenvalue weighted by molar-refractivity contribution is 0.103. The van der Waals surface area contributed by atoms with Crippen LogP contribution in [0.5, 0.6) is 0 Å². The summed E-state index contributed by atoms with van der Waals surface area (Å²) in [6.07, 6.45) is 3.62. The van der Waals surface area contributed by atoms with Gasteiger partial charge >= 0.3 is 0 Å². The van der Waals surface area contributed by atoms with Crippen LogP contribution in [0.3, 0.4) is 0 Å². The van der Waals surface area contributed by atoms with E-state index in [2.05, 4.69) is 25.9 Å². The number of carbonyl (C=O) groups is 1. The number of hydrogen-bond donors (Lipinski definition) is 2. The van der Waals surface area contributed by atoms with Gasteiger partial charge in [0.2, 0.25) is 15.8 Å². The fourth-order valence-electron chi connectivity index (χ4n) is 2.34. The lowest BCUT2D eigenvalue weighted by atomic mass is 10.0. The van der Waals surface area contributed by atoms with Crippen LogP contribution in [-0.2, 0) is 10.0 Å². The number of hydrogen-bond acceptors (Lipinski definition) is 4. The number of H-pyrrole nitrogens is 1. The minimum Gasteiger partial charge on any atom is -0.345 e. The number of anilines is 1. The smallest absolute Gasteiger partial charge is 0.229 e. The van der Waals surface area contributed by atoms with Crippen molar-refractivity contribution < 1.29 is 22.0 Å². The predicted molar refractivity (Wildman–Crippen MR) is 92.1 cm³/mol. The van der Waals surface area contributed by atoms with E-state index in [1.54, 1.807) is 6.07 Å². The number of benzene rings is 1. The number of nitrogens with zero attached hydrogens (tertiary/aromatic N) is 1. The van der Waals surface area contributed by atoms with Gasteiger partial charge in [0.05, 0.1) is 17.5 Å². The SMILES string of the molecule is CS(=O)(=O)Nc1ccc(F)c(C(=O)c2c[nH]c3ncc(Br)cc23)c1F. The topological polar surface area (TPSA) is 91.9 Å². The molecule has 2 N–H and O–H groups in total. The van der Waals surface area contributed by atoms with Crippen molar-refractivity contribution in [1.29, 1.82) is 0 Å². The molecule has 0 aliphatic heterocycles. The summed E-state index contributed by atoms with van der Waals surface area (Å²) < 4.78 is 53.7. The van der Waals surface area contributed by atoms with Crippen LogP contribution in [0.15, 0.2) is 35.1 Å². The van der Waals surface area contributed by atoms with Crippen molar-refractivity contribution >= 4 is 48.5 Å². The van der Waals surface area contributed by atoms with E-state index < -0.39 is 38.7 Å². The Morgan fingerprint density at radius 3 is 2.72 bits per heavy atom. The van der Waals surface area contributed by atoms with Crippen molar-refractivity contribution in [3.8, 4) is 0 Å². The molecule has 3 aromatic rings. The van der Waals surface area contributed by atoms with Gasteiger partial charge < -0.3 is 4.98 Å². The highest BCUT2D eigenvalue weighted by Crippen LogP contribution is 2.28. The fourth-order valence-corrected chi connectivity index (χ4v) is 3.23. The van der Waals surface area contributed by atoms with Crippen molar-refractivity contribution in [1.82, 2.24) is 9.97 Å². The molecule has 0 fully saturated rings. The number of aromatic amines is 1. The third-order valence-corrected chi connectivity index (χ3v) is 4.38. The molecule has 0 aliphatic rings. The summed E-state index contributed by atoms with van der Waals surface area (Å²) in [5.41, 5.74) is -0.975. The van der Waals surface area contributed by atoms with E-state index >= 15 is 0 Å². The van der Waals surface area contributed by atoms with Gasteiger partial charge in [-0.15, -0.1) is 0 Å². The van der Waals surface area contributed by atoms with Gasteiger partial charge in [-0.3, -0.25) is 9.52 Å². The summed E-state index contributed by atoms with van der Waals surface area (Å²) in [5.74, 6) is -3.31. The maximum atomic E-state index is 14.6. The highest BCUT2D eigenvalue weighted by atomic mass is 79.9. The van der Waals surface area contributed by atoms with Crippen LogP contribution >= 0.6 is 15.9 Å². The average Bonchev–Trinajstić information content (AvgIpc) is 2.92. The van der Waals surface area contributed by atoms with E-state index in [4.69, 9.17) is 0 Å². The molecule has 0 unspecified atom stereocenters. The van der Waals surface area contributed by atoms with Gasteiger partial charge in [0.25, 0.3) is 0 Å². The third-order valence-electron chi connectivity index (χ3n) is 3.36. The van der Waals surface area contributed by atoms with Crippen LogP contribution in [0.25, 0.3) is 11.0 Å². The molecular formula is C15H10BrF2N3O3S. The maximum absolute atomic E-state index is 14.6. The van der Waals surface area contributed by atoms with E-state index in [9.17, 15) is 22.0 Å². The predicted octanol–water partition coefficient (Wildman–Crippen LogP) is 3.21. The molecule has 2 aromatic heterocycles. The molecule has 0 saturated heterocycles. The van der Waals surface area contributed by atoms with E-state index in [1.165, 1.54) is 12.4 Å². The number of pyridine rings is 1. The zero-order chi connectivity index (χ0) is 18.4. The number of fused-ring (bicyclic) bond motifs is 1.